The van der Waals surface area contributed by atoms with Crippen LogP contribution in [-0.2, 0) is 14.3 Å². The van der Waals surface area contributed by atoms with Crippen molar-refractivity contribution in [2.24, 2.45) is 0 Å². The van der Waals surface area contributed by atoms with E-state index in [1.165, 1.54) is 0 Å². The van der Waals surface area contributed by atoms with Crippen LogP contribution >= 0.6 is 0 Å². The van der Waals surface area contributed by atoms with Crippen LogP contribution in [0, 0.1) is 0 Å². The molecule has 0 saturated carbocycles. The Bertz CT molecular complexity index is 1160. The first-order chi connectivity index (χ1) is 15.2. The molecule has 2 aliphatic heterocycles. The summed E-state index contributed by atoms with van der Waals surface area (Å²) in [4.78, 5) is 32.4. The highest BCUT2D eigenvalue weighted by Gasteiger charge is 2.40. The van der Waals surface area contributed by atoms with Crippen molar-refractivity contribution in [3.05, 3.63) is 42.5 Å². The van der Waals surface area contributed by atoms with E-state index >= 15 is 0 Å². The Labute approximate surface area is 178 Å². The zero-order valence-corrected chi connectivity index (χ0v) is 17.0. The van der Waals surface area contributed by atoms with Crippen molar-refractivity contribution in [2.45, 2.75) is 18.9 Å². The molecule has 3 heterocycles. The number of hydrogen-bond acceptors (Lipinski definition) is 6. The van der Waals surface area contributed by atoms with Crippen LogP contribution in [-0.4, -0.2) is 48.4 Å². The molecule has 5 rings (SSSR count). The Morgan fingerprint density at radius 3 is 2.94 bits per heavy atom. The number of carbonyl (C=O) groups excluding carboxylic acids is 2. The number of imidazole rings is 1. The van der Waals surface area contributed by atoms with Crippen molar-refractivity contribution in [3.63, 3.8) is 0 Å². The number of nitrogens with one attached hydrogen (secondary N) is 1. The summed E-state index contributed by atoms with van der Waals surface area (Å²) in [6.07, 6.45) is 0.683. The van der Waals surface area contributed by atoms with Crippen LogP contribution in [0.25, 0.3) is 11.0 Å². The summed E-state index contributed by atoms with van der Waals surface area (Å²) in [5.74, 6) is 1.40. The number of anilines is 2. The SMILES string of the molecule is COCCCN1C(=O)[C@@H](CC(=O)Nc2ccc3c(c2)OCO3)n2c1nc1ccccc12. The van der Waals surface area contributed by atoms with Gasteiger partial charge in [0.05, 0.1) is 17.5 Å². The van der Waals surface area contributed by atoms with Gasteiger partial charge in [0.25, 0.3) is 5.91 Å². The van der Waals surface area contributed by atoms with Crippen LogP contribution in [0.3, 0.4) is 0 Å². The summed E-state index contributed by atoms with van der Waals surface area (Å²) in [5.41, 5.74) is 2.22. The molecule has 1 aromatic heterocycles. The smallest absolute Gasteiger partial charge is 0.253 e. The maximum atomic E-state index is 13.2. The Hall–Kier alpha value is -3.59. The molecule has 2 aromatic carbocycles. The maximum absolute atomic E-state index is 13.2. The Morgan fingerprint density at radius 1 is 1.23 bits per heavy atom. The van der Waals surface area contributed by atoms with E-state index in [1.54, 1.807) is 30.2 Å². The van der Waals surface area contributed by atoms with Gasteiger partial charge in [-0.2, -0.15) is 0 Å². The summed E-state index contributed by atoms with van der Waals surface area (Å²) in [6, 6.07) is 12.2. The van der Waals surface area contributed by atoms with E-state index in [1.807, 2.05) is 28.8 Å². The fourth-order valence-corrected chi connectivity index (χ4v) is 4.04. The molecule has 0 aliphatic carbocycles. The quantitative estimate of drug-likeness (QED) is 0.589. The van der Waals surface area contributed by atoms with Gasteiger partial charge in [-0.25, -0.2) is 4.98 Å². The average molecular weight is 422 g/mol. The van der Waals surface area contributed by atoms with Crippen molar-refractivity contribution in [1.82, 2.24) is 9.55 Å². The lowest BCUT2D eigenvalue weighted by atomic mass is 10.1. The summed E-state index contributed by atoms with van der Waals surface area (Å²) >= 11 is 0. The van der Waals surface area contributed by atoms with Gasteiger partial charge in [0.15, 0.2) is 11.5 Å². The third-order valence-corrected chi connectivity index (χ3v) is 5.45. The minimum atomic E-state index is -0.654. The first-order valence-electron chi connectivity index (χ1n) is 10.1. The molecule has 160 valence electrons. The molecule has 2 aliphatic rings. The van der Waals surface area contributed by atoms with Crippen LogP contribution in [0.1, 0.15) is 18.9 Å². The zero-order valence-electron chi connectivity index (χ0n) is 17.0. The second-order valence-electron chi connectivity index (χ2n) is 7.44. The number of hydrogen-bond donors (Lipinski definition) is 1. The van der Waals surface area contributed by atoms with E-state index in [0.717, 1.165) is 11.0 Å². The number of para-hydroxylation sites is 2. The van der Waals surface area contributed by atoms with Crippen molar-refractivity contribution in [3.8, 4) is 11.5 Å². The minimum Gasteiger partial charge on any atom is -0.454 e. The summed E-state index contributed by atoms with van der Waals surface area (Å²) < 4.78 is 17.6. The third kappa shape index (κ3) is 3.46. The maximum Gasteiger partial charge on any atom is 0.253 e. The fraction of sp³-hybridized carbons (Fsp3) is 0.318. The van der Waals surface area contributed by atoms with Crippen molar-refractivity contribution >= 4 is 34.5 Å². The van der Waals surface area contributed by atoms with Gasteiger partial charge in [0, 0.05) is 32.0 Å². The lowest BCUT2D eigenvalue weighted by Crippen LogP contribution is -2.32. The number of nitrogens with zero attached hydrogens (tertiary/aromatic N) is 3. The largest absolute Gasteiger partial charge is 0.454 e. The number of aromatic nitrogens is 2. The van der Waals surface area contributed by atoms with Gasteiger partial charge in [-0.15, -0.1) is 0 Å². The minimum absolute atomic E-state index is 0.00140. The number of fused-ring (bicyclic) bond motifs is 4. The van der Waals surface area contributed by atoms with E-state index in [2.05, 4.69) is 10.3 Å². The molecule has 9 heteroatoms. The Balaban J connectivity index is 1.39. The van der Waals surface area contributed by atoms with E-state index < -0.39 is 6.04 Å². The lowest BCUT2D eigenvalue weighted by Gasteiger charge is -2.15. The van der Waals surface area contributed by atoms with E-state index in [9.17, 15) is 9.59 Å². The molecule has 0 saturated heterocycles. The number of rotatable bonds is 7. The molecule has 0 spiro atoms. The highest BCUT2D eigenvalue weighted by atomic mass is 16.7. The molecule has 1 N–H and O–H groups in total. The predicted molar refractivity (Wildman–Crippen MR) is 113 cm³/mol. The van der Waals surface area contributed by atoms with Gasteiger partial charge in [0.2, 0.25) is 18.6 Å². The second kappa shape index (κ2) is 7.92. The molecule has 0 fully saturated rings. The van der Waals surface area contributed by atoms with Crippen molar-refractivity contribution < 1.29 is 23.8 Å². The van der Waals surface area contributed by atoms with E-state index in [-0.39, 0.29) is 25.0 Å². The highest BCUT2D eigenvalue weighted by molar-refractivity contribution is 6.05. The molecule has 0 radical (unpaired) electrons. The van der Waals surface area contributed by atoms with Gasteiger partial charge < -0.3 is 19.5 Å². The number of methoxy groups -OCH3 is 1. The van der Waals surface area contributed by atoms with E-state index in [0.29, 0.717) is 42.7 Å². The summed E-state index contributed by atoms with van der Waals surface area (Å²) in [6.45, 7) is 1.19. The molecule has 0 bridgehead atoms. The number of amides is 2. The lowest BCUT2D eigenvalue weighted by molar-refractivity contribution is -0.124. The van der Waals surface area contributed by atoms with Gasteiger partial charge >= 0.3 is 0 Å². The molecular weight excluding hydrogens is 400 g/mol. The van der Waals surface area contributed by atoms with Gasteiger partial charge in [0.1, 0.15) is 6.04 Å². The molecule has 1 atom stereocenters. The van der Waals surface area contributed by atoms with Crippen LogP contribution in [0.15, 0.2) is 42.5 Å². The summed E-state index contributed by atoms with van der Waals surface area (Å²) in [5, 5.41) is 2.86. The zero-order chi connectivity index (χ0) is 21.4. The third-order valence-electron chi connectivity index (χ3n) is 5.45. The van der Waals surface area contributed by atoms with Gasteiger partial charge in [-0.05, 0) is 30.7 Å². The normalized spacial score (nSPS) is 16.7. The Morgan fingerprint density at radius 2 is 2.06 bits per heavy atom. The molecule has 9 nitrogen and oxygen atoms in total. The summed E-state index contributed by atoms with van der Waals surface area (Å²) in [7, 11) is 1.63. The van der Waals surface area contributed by atoms with Crippen LogP contribution in [0.2, 0.25) is 0 Å². The standard InChI is InChI=1S/C22H22N4O5/c1-29-10-4-9-25-21(28)17(26-16-6-3-2-5-15(16)24-22(25)26)12-20(27)23-14-7-8-18-19(11-14)31-13-30-18/h2-3,5-8,11,17H,4,9-10,12-13H2,1H3,(H,23,27)/t17-/m1/s1. The number of carbonyl (C=O) groups is 2. The van der Waals surface area contributed by atoms with Gasteiger partial charge in [-0.1, -0.05) is 12.1 Å². The Kier molecular flexibility index (Phi) is 4.95. The molecule has 0 unspecified atom stereocenters. The molecular formula is C22H22N4O5. The van der Waals surface area contributed by atoms with Crippen LogP contribution in [0.5, 0.6) is 11.5 Å². The monoisotopic (exact) mass is 422 g/mol. The van der Waals surface area contributed by atoms with Crippen molar-refractivity contribution in [2.75, 3.05) is 37.3 Å². The second-order valence-corrected chi connectivity index (χ2v) is 7.44. The molecule has 2 amide bonds. The average Bonchev–Trinajstić information content (AvgIpc) is 3.44. The molecule has 31 heavy (non-hydrogen) atoms. The molecule has 3 aromatic rings. The van der Waals surface area contributed by atoms with E-state index in [4.69, 9.17) is 14.2 Å². The van der Waals surface area contributed by atoms with Crippen LogP contribution < -0.4 is 19.7 Å². The van der Waals surface area contributed by atoms with Crippen molar-refractivity contribution in [1.29, 1.82) is 0 Å². The first kappa shape index (κ1) is 19.4. The number of benzene rings is 2. The number of ether oxygens (including phenoxy) is 3. The van der Waals surface area contributed by atoms with Gasteiger partial charge in [-0.3, -0.25) is 19.1 Å². The predicted octanol–water partition coefficient (Wildman–Crippen LogP) is 2.72. The topological polar surface area (TPSA) is 94.9 Å². The highest BCUT2D eigenvalue weighted by Crippen LogP contribution is 2.37. The fourth-order valence-electron chi connectivity index (χ4n) is 4.04. The van der Waals surface area contributed by atoms with Crippen LogP contribution in [0.4, 0.5) is 11.6 Å². The first-order valence-corrected chi connectivity index (χ1v) is 10.1.